The quantitative estimate of drug-likeness (QED) is 0.860. The predicted octanol–water partition coefficient (Wildman–Crippen LogP) is 1.84. The van der Waals surface area contributed by atoms with E-state index in [9.17, 15) is 4.79 Å². The number of nitrogens with one attached hydrogen (secondary N) is 1. The summed E-state index contributed by atoms with van der Waals surface area (Å²) in [6, 6.07) is 5.73. The topological polar surface area (TPSA) is 50.8 Å². The minimum absolute atomic E-state index is 0.106. The average molecular weight is 288 g/mol. The number of ether oxygens (including phenoxy) is 2. The van der Waals surface area contributed by atoms with Crippen LogP contribution >= 0.6 is 0 Å². The number of nitrogens with zero attached hydrogens (tertiary/aromatic N) is 1. The van der Waals surface area contributed by atoms with E-state index in [1.165, 1.54) is 0 Å². The Morgan fingerprint density at radius 3 is 2.62 bits per heavy atom. The van der Waals surface area contributed by atoms with Crippen LogP contribution in [0.2, 0.25) is 0 Å². The maximum atomic E-state index is 11.9. The molecule has 0 saturated carbocycles. The lowest BCUT2D eigenvalue weighted by Crippen LogP contribution is -2.38. The third-order valence-corrected chi connectivity index (χ3v) is 3.66. The number of carbonyl (C=O) groups is 1. The first-order chi connectivity index (χ1) is 10.2. The van der Waals surface area contributed by atoms with Gasteiger partial charge in [0.2, 0.25) is 0 Å². The van der Waals surface area contributed by atoms with Gasteiger partial charge in [-0.05, 0) is 24.1 Å². The van der Waals surface area contributed by atoms with Crippen LogP contribution in [0, 0.1) is 12.3 Å². The molecule has 0 aromatic heterocycles. The molecule has 0 spiro atoms. The van der Waals surface area contributed by atoms with Crippen molar-refractivity contribution in [3.63, 3.8) is 0 Å². The summed E-state index contributed by atoms with van der Waals surface area (Å²) in [4.78, 5) is 13.7. The highest BCUT2D eigenvalue weighted by molar-refractivity contribution is 5.74. The van der Waals surface area contributed by atoms with E-state index in [0.29, 0.717) is 6.54 Å². The van der Waals surface area contributed by atoms with Crippen LogP contribution in [0.4, 0.5) is 4.79 Å². The number of benzene rings is 1. The standard InChI is InChI=1S/C16H20N2O3/c1-4-6-17-16(19)18-7-5-12(11-18)13-8-14(20-2)10-15(9-13)21-3/h1,8-10,12H,5-7,11H2,2-3H3,(H,17,19). The van der Waals surface area contributed by atoms with Crippen molar-refractivity contribution in [2.75, 3.05) is 33.9 Å². The molecule has 0 bridgehead atoms. The Balaban J connectivity index is 2.07. The van der Waals surface area contributed by atoms with Crippen LogP contribution < -0.4 is 14.8 Å². The zero-order valence-corrected chi connectivity index (χ0v) is 12.4. The van der Waals surface area contributed by atoms with Crippen LogP contribution in [-0.4, -0.2) is 44.8 Å². The summed E-state index contributed by atoms with van der Waals surface area (Å²) in [7, 11) is 3.26. The number of hydrogen-bond donors (Lipinski definition) is 1. The molecule has 0 radical (unpaired) electrons. The van der Waals surface area contributed by atoms with Gasteiger partial charge in [-0.1, -0.05) is 5.92 Å². The molecule has 1 N–H and O–H groups in total. The molecule has 1 unspecified atom stereocenters. The second-order valence-corrected chi connectivity index (χ2v) is 4.94. The summed E-state index contributed by atoms with van der Waals surface area (Å²) >= 11 is 0. The SMILES string of the molecule is C#CCNC(=O)N1CCC(c2cc(OC)cc(OC)c2)C1. The number of terminal acetylenes is 1. The third kappa shape index (κ3) is 3.60. The van der Waals surface area contributed by atoms with Gasteiger partial charge in [-0.25, -0.2) is 4.79 Å². The third-order valence-electron chi connectivity index (χ3n) is 3.66. The van der Waals surface area contributed by atoms with Crippen LogP contribution in [0.15, 0.2) is 18.2 Å². The summed E-state index contributed by atoms with van der Waals surface area (Å²) in [5.74, 6) is 4.21. The zero-order valence-electron chi connectivity index (χ0n) is 12.4. The monoisotopic (exact) mass is 288 g/mol. The van der Waals surface area contributed by atoms with Gasteiger partial charge in [-0.3, -0.25) is 0 Å². The maximum Gasteiger partial charge on any atom is 0.318 e. The van der Waals surface area contributed by atoms with Gasteiger partial charge in [-0.2, -0.15) is 0 Å². The highest BCUT2D eigenvalue weighted by Crippen LogP contribution is 2.32. The Labute approximate surface area is 125 Å². The largest absolute Gasteiger partial charge is 0.497 e. The first-order valence-electron chi connectivity index (χ1n) is 6.87. The maximum absolute atomic E-state index is 11.9. The second-order valence-electron chi connectivity index (χ2n) is 4.94. The van der Waals surface area contributed by atoms with Crippen LogP contribution in [0.5, 0.6) is 11.5 Å². The number of amides is 2. The van der Waals surface area contributed by atoms with E-state index in [1.54, 1.807) is 19.1 Å². The van der Waals surface area contributed by atoms with E-state index in [2.05, 4.69) is 11.2 Å². The van der Waals surface area contributed by atoms with Crippen molar-refractivity contribution in [2.24, 2.45) is 0 Å². The molecule has 2 amide bonds. The predicted molar refractivity (Wildman–Crippen MR) is 80.7 cm³/mol. The van der Waals surface area contributed by atoms with Crippen LogP contribution in [0.25, 0.3) is 0 Å². The minimum Gasteiger partial charge on any atom is -0.497 e. The Hall–Kier alpha value is -2.35. The summed E-state index contributed by atoms with van der Waals surface area (Å²) in [6.45, 7) is 1.65. The fourth-order valence-electron chi connectivity index (χ4n) is 2.52. The van der Waals surface area contributed by atoms with Crippen molar-refractivity contribution in [1.29, 1.82) is 0 Å². The Bertz CT molecular complexity index is 529. The van der Waals surface area contributed by atoms with Gasteiger partial charge in [0.15, 0.2) is 0 Å². The number of methoxy groups -OCH3 is 2. The summed E-state index contributed by atoms with van der Waals surface area (Å²) in [6.07, 6.45) is 6.06. The van der Waals surface area contributed by atoms with E-state index in [1.807, 2.05) is 18.2 Å². The van der Waals surface area contributed by atoms with Crippen LogP contribution in [0.1, 0.15) is 17.9 Å². The molecule has 21 heavy (non-hydrogen) atoms. The smallest absolute Gasteiger partial charge is 0.318 e. The zero-order chi connectivity index (χ0) is 15.2. The summed E-state index contributed by atoms with van der Waals surface area (Å²) in [5, 5.41) is 2.69. The Morgan fingerprint density at radius 2 is 2.05 bits per heavy atom. The molecular weight excluding hydrogens is 268 g/mol. The second kappa shape index (κ2) is 6.89. The van der Waals surface area contributed by atoms with Gasteiger partial charge in [0.1, 0.15) is 11.5 Å². The first kappa shape index (κ1) is 15.0. The molecule has 1 heterocycles. The van der Waals surface area contributed by atoms with Crippen LogP contribution in [-0.2, 0) is 0 Å². The molecule has 112 valence electrons. The summed E-state index contributed by atoms with van der Waals surface area (Å²) in [5.41, 5.74) is 1.12. The van der Waals surface area contributed by atoms with Gasteiger partial charge in [0.25, 0.3) is 0 Å². The van der Waals surface area contributed by atoms with Crippen molar-refractivity contribution in [2.45, 2.75) is 12.3 Å². The molecule has 1 aromatic rings. The molecule has 1 aliphatic rings. The van der Waals surface area contributed by atoms with E-state index < -0.39 is 0 Å². The van der Waals surface area contributed by atoms with E-state index in [0.717, 1.165) is 30.0 Å². The van der Waals surface area contributed by atoms with Crippen molar-refractivity contribution >= 4 is 6.03 Å². The average Bonchev–Trinajstić information content (AvgIpc) is 3.02. The Kier molecular flexibility index (Phi) is 4.94. The van der Waals surface area contributed by atoms with Crippen molar-refractivity contribution < 1.29 is 14.3 Å². The van der Waals surface area contributed by atoms with Crippen LogP contribution in [0.3, 0.4) is 0 Å². The van der Waals surface area contributed by atoms with Gasteiger partial charge in [-0.15, -0.1) is 6.42 Å². The molecule has 1 fully saturated rings. The lowest BCUT2D eigenvalue weighted by Gasteiger charge is -2.17. The fraction of sp³-hybridized carbons (Fsp3) is 0.438. The minimum atomic E-state index is -0.106. The van der Waals surface area contributed by atoms with E-state index >= 15 is 0 Å². The van der Waals surface area contributed by atoms with Crippen molar-refractivity contribution in [1.82, 2.24) is 10.2 Å². The van der Waals surface area contributed by atoms with E-state index in [4.69, 9.17) is 15.9 Å². The fourth-order valence-corrected chi connectivity index (χ4v) is 2.52. The van der Waals surface area contributed by atoms with Gasteiger partial charge >= 0.3 is 6.03 Å². The van der Waals surface area contributed by atoms with Gasteiger partial charge < -0.3 is 19.7 Å². The molecule has 2 rings (SSSR count). The van der Waals surface area contributed by atoms with Crippen molar-refractivity contribution in [3.05, 3.63) is 23.8 Å². The van der Waals surface area contributed by atoms with Crippen molar-refractivity contribution in [3.8, 4) is 23.8 Å². The molecule has 1 aliphatic heterocycles. The molecule has 1 saturated heterocycles. The number of carbonyl (C=O) groups excluding carboxylic acids is 1. The number of rotatable bonds is 4. The summed E-state index contributed by atoms with van der Waals surface area (Å²) < 4.78 is 10.6. The molecule has 5 nitrogen and oxygen atoms in total. The lowest BCUT2D eigenvalue weighted by atomic mass is 9.98. The number of urea groups is 1. The molecule has 0 aliphatic carbocycles. The van der Waals surface area contributed by atoms with Gasteiger partial charge in [0.05, 0.1) is 20.8 Å². The first-order valence-corrected chi connectivity index (χ1v) is 6.87. The number of hydrogen-bond acceptors (Lipinski definition) is 3. The van der Waals surface area contributed by atoms with Gasteiger partial charge in [0, 0.05) is 25.1 Å². The lowest BCUT2D eigenvalue weighted by molar-refractivity contribution is 0.209. The molecule has 1 aromatic carbocycles. The molecular formula is C16H20N2O3. The normalized spacial score (nSPS) is 17.2. The highest BCUT2D eigenvalue weighted by atomic mass is 16.5. The highest BCUT2D eigenvalue weighted by Gasteiger charge is 2.27. The van der Waals surface area contributed by atoms with E-state index in [-0.39, 0.29) is 18.5 Å². The number of likely N-dealkylation sites (tertiary alicyclic amines) is 1. The molecule has 1 atom stereocenters. The molecule has 5 heteroatoms. The Morgan fingerprint density at radius 1 is 1.38 bits per heavy atom.